The number of hydrogen-bond acceptors (Lipinski definition) is 4. The highest BCUT2D eigenvalue weighted by atomic mass is 32.2. The van der Waals surface area contributed by atoms with E-state index in [-0.39, 0.29) is 17.9 Å². The smallest absolute Gasteiger partial charge is 0.226 e. The molecule has 1 aromatic heterocycles. The summed E-state index contributed by atoms with van der Waals surface area (Å²) in [5.74, 6) is 0.531. The molecule has 3 atom stereocenters. The Morgan fingerprint density at radius 3 is 2.69 bits per heavy atom. The van der Waals surface area contributed by atoms with Gasteiger partial charge in [-0.15, -0.1) is 11.3 Å². The third-order valence-corrected chi connectivity index (χ3v) is 7.07. The van der Waals surface area contributed by atoms with Gasteiger partial charge in [-0.3, -0.25) is 4.79 Å². The molecule has 0 bridgehead atoms. The minimum atomic E-state index is -3.22. The minimum absolute atomic E-state index is 0.0502. The lowest BCUT2D eigenvalue weighted by molar-refractivity contribution is -0.131. The monoisotopic (exact) mass is 390 g/mol. The first-order valence-corrected chi connectivity index (χ1v) is 11.5. The molecule has 4 rings (SSSR count). The number of amides is 1. The highest BCUT2D eigenvalue weighted by Crippen LogP contribution is 2.51. The molecule has 0 radical (unpaired) electrons. The van der Waals surface area contributed by atoms with Crippen molar-refractivity contribution in [1.82, 2.24) is 9.62 Å². The number of rotatable bonds is 5. The maximum Gasteiger partial charge on any atom is 0.226 e. The van der Waals surface area contributed by atoms with Crippen LogP contribution in [-0.4, -0.2) is 44.6 Å². The molecule has 2 fully saturated rings. The number of benzene rings is 1. The van der Waals surface area contributed by atoms with E-state index in [1.54, 1.807) is 11.3 Å². The summed E-state index contributed by atoms with van der Waals surface area (Å²) in [6, 6.07) is 14.4. The first-order valence-electron chi connectivity index (χ1n) is 8.82. The van der Waals surface area contributed by atoms with Gasteiger partial charge in [0.25, 0.3) is 0 Å². The maximum absolute atomic E-state index is 12.7. The summed E-state index contributed by atoms with van der Waals surface area (Å²) in [5.41, 5.74) is 1.21. The molecule has 7 heteroatoms. The van der Waals surface area contributed by atoms with Gasteiger partial charge in [0.15, 0.2) is 0 Å². The van der Waals surface area contributed by atoms with Gasteiger partial charge in [-0.05, 0) is 30.5 Å². The van der Waals surface area contributed by atoms with E-state index in [4.69, 9.17) is 0 Å². The minimum Gasteiger partial charge on any atom is -0.341 e. The van der Waals surface area contributed by atoms with Gasteiger partial charge in [0.1, 0.15) is 0 Å². The average molecular weight is 391 g/mol. The molecule has 5 nitrogen and oxygen atoms in total. The molecule has 26 heavy (non-hydrogen) atoms. The van der Waals surface area contributed by atoms with Crippen LogP contribution in [0.2, 0.25) is 0 Å². The Morgan fingerprint density at radius 1 is 1.19 bits per heavy atom. The molecule has 2 aromatic rings. The van der Waals surface area contributed by atoms with Crippen molar-refractivity contribution in [3.05, 3.63) is 47.3 Å². The van der Waals surface area contributed by atoms with Gasteiger partial charge in [0.05, 0.1) is 6.26 Å². The van der Waals surface area contributed by atoms with Crippen LogP contribution in [0.5, 0.6) is 0 Å². The summed E-state index contributed by atoms with van der Waals surface area (Å²) in [6.07, 6.45) is 2.75. The third-order valence-electron chi connectivity index (χ3n) is 5.04. The molecule has 1 aromatic carbocycles. The molecule has 2 heterocycles. The van der Waals surface area contributed by atoms with Crippen LogP contribution in [0.25, 0.3) is 10.4 Å². The van der Waals surface area contributed by atoms with E-state index in [0.29, 0.717) is 25.4 Å². The zero-order chi connectivity index (χ0) is 18.3. The van der Waals surface area contributed by atoms with Gasteiger partial charge < -0.3 is 4.90 Å². The second kappa shape index (κ2) is 6.79. The molecule has 1 aliphatic carbocycles. The van der Waals surface area contributed by atoms with Crippen molar-refractivity contribution >= 4 is 27.3 Å². The third kappa shape index (κ3) is 3.84. The zero-order valence-corrected chi connectivity index (χ0v) is 16.2. The lowest BCUT2D eigenvalue weighted by Crippen LogP contribution is -2.38. The Bertz CT molecular complexity index is 908. The Labute approximate surface area is 158 Å². The number of nitrogens with one attached hydrogen (secondary N) is 1. The Hall–Kier alpha value is -1.70. The van der Waals surface area contributed by atoms with Gasteiger partial charge in [-0.2, -0.15) is 0 Å². The second-order valence-electron chi connectivity index (χ2n) is 7.18. The van der Waals surface area contributed by atoms with Crippen molar-refractivity contribution in [2.75, 3.05) is 19.3 Å². The van der Waals surface area contributed by atoms with E-state index in [2.05, 4.69) is 29.0 Å². The largest absolute Gasteiger partial charge is 0.341 e. The van der Waals surface area contributed by atoms with Crippen molar-refractivity contribution in [1.29, 1.82) is 0 Å². The number of thiophene rings is 1. The molecule has 1 saturated carbocycles. The molecule has 1 N–H and O–H groups in total. The lowest BCUT2D eigenvalue weighted by atomic mass is 10.2. The number of carbonyl (C=O) groups is 1. The summed E-state index contributed by atoms with van der Waals surface area (Å²) in [7, 11) is -3.22. The van der Waals surface area contributed by atoms with E-state index in [0.717, 1.165) is 12.7 Å². The first-order chi connectivity index (χ1) is 12.4. The zero-order valence-electron chi connectivity index (χ0n) is 14.6. The molecule has 0 unspecified atom stereocenters. The molecule has 1 amide bonds. The van der Waals surface area contributed by atoms with Crippen molar-refractivity contribution < 1.29 is 13.2 Å². The van der Waals surface area contributed by atoms with Crippen molar-refractivity contribution in [3.8, 4) is 10.4 Å². The van der Waals surface area contributed by atoms with Gasteiger partial charge >= 0.3 is 0 Å². The summed E-state index contributed by atoms with van der Waals surface area (Å²) >= 11 is 1.77. The highest BCUT2D eigenvalue weighted by molar-refractivity contribution is 7.88. The van der Waals surface area contributed by atoms with E-state index >= 15 is 0 Å². The molecule has 2 aliphatic rings. The van der Waals surface area contributed by atoms with Crippen molar-refractivity contribution in [3.63, 3.8) is 0 Å². The van der Waals surface area contributed by atoms with E-state index in [1.807, 2.05) is 23.1 Å². The lowest BCUT2D eigenvalue weighted by Gasteiger charge is -2.16. The van der Waals surface area contributed by atoms with Crippen LogP contribution >= 0.6 is 11.3 Å². The standard InChI is InChI=1S/C19H22N2O3S2/c1-26(23,24)20-14-9-10-21(12-14)19(22)16-11-15(16)18-8-7-17(25-18)13-5-3-2-4-6-13/h2-8,14-16,20H,9-12H2,1H3/t14-,15-,16-/m1/s1. The van der Waals surface area contributed by atoms with Crippen LogP contribution in [0.1, 0.15) is 23.6 Å². The molecule has 0 spiro atoms. The van der Waals surface area contributed by atoms with Crippen LogP contribution in [0.3, 0.4) is 0 Å². The van der Waals surface area contributed by atoms with Crippen LogP contribution < -0.4 is 4.72 Å². The summed E-state index contributed by atoms with van der Waals surface area (Å²) in [6.45, 7) is 1.11. The molecular formula is C19H22N2O3S2. The van der Waals surface area contributed by atoms with Crippen LogP contribution in [0.15, 0.2) is 42.5 Å². The van der Waals surface area contributed by atoms with Crippen molar-refractivity contribution in [2.45, 2.75) is 24.8 Å². The van der Waals surface area contributed by atoms with Gasteiger partial charge in [-0.1, -0.05) is 30.3 Å². The maximum atomic E-state index is 12.7. The fourth-order valence-corrected chi connectivity index (χ4v) is 5.68. The second-order valence-corrected chi connectivity index (χ2v) is 10.1. The van der Waals surface area contributed by atoms with E-state index < -0.39 is 10.0 Å². The van der Waals surface area contributed by atoms with Crippen LogP contribution in [0, 0.1) is 5.92 Å². The van der Waals surface area contributed by atoms with E-state index in [9.17, 15) is 13.2 Å². The molecular weight excluding hydrogens is 368 g/mol. The quantitative estimate of drug-likeness (QED) is 0.854. The molecule has 138 valence electrons. The first kappa shape index (κ1) is 17.7. The van der Waals surface area contributed by atoms with Crippen molar-refractivity contribution in [2.24, 2.45) is 5.92 Å². The number of sulfonamides is 1. The fraction of sp³-hybridized carbons (Fsp3) is 0.421. The number of nitrogens with zero attached hydrogens (tertiary/aromatic N) is 1. The molecule has 1 saturated heterocycles. The topological polar surface area (TPSA) is 66.5 Å². The Balaban J connectivity index is 1.37. The highest BCUT2D eigenvalue weighted by Gasteiger charge is 2.47. The predicted octanol–water partition coefficient (Wildman–Crippen LogP) is 2.67. The average Bonchev–Trinajstić information content (AvgIpc) is 3.02. The summed E-state index contributed by atoms with van der Waals surface area (Å²) in [4.78, 5) is 17.1. The summed E-state index contributed by atoms with van der Waals surface area (Å²) < 4.78 is 25.3. The predicted molar refractivity (Wildman–Crippen MR) is 104 cm³/mol. The number of hydrogen-bond donors (Lipinski definition) is 1. The SMILES string of the molecule is CS(=O)(=O)N[C@@H]1CCN(C(=O)[C@@H]2C[C@H]2c2ccc(-c3ccccc3)s2)C1. The number of carbonyl (C=O) groups excluding carboxylic acids is 1. The van der Waals surface area contributed by atoms with Crippen LogP contribution in [-0.2, 0) is 14.8 Å². The Morgan fingerprint density at radius 2 is 1.96 bits per heavy atom. The van der Waals surface area contributed by atoms with Gasteiger partial charge in [-0.25, -0.2) is 13.1 Å². The normalized spacial score (nSPS) is 25.4. The van der Waals surface area contributed by atoms with E-state index in [1.165, 1.54) is 15.3 Å². The molecule has 1 aliphatic heterocycles. The fourth-order valence-electron chi connectivity index (χ4n) is 3.69. The van der Waals surface area contributed by atoms with Gasteiger partial charge in [0, 0.05) is 40.7 Å². The summed E-state index contributed by atoms with van der Waals surface area (Å²) in [5, 5.41) is 0. The Kier molecular flexibility index (Phi) is 4.62. The van der Waals surface area contributed by atoms with Crippen LogP contribution in [0.4, 0.5) is 0 Å². The van der Waals surface area contributed by atoms with Gasteiger partial charge in [0.2, 0.25) is 15.9 Å². The number of likely N-dealkylation sites (tertiary alicyclic amines) is 1.